The summed E-state index contributed by atoms with van der Waals surface area (Å²) < 4.78 is 0.742. The molecule has 1 amide bonds. The molecule has 1 aromatic rings. The van der Waals surface area contributed by atoms with Crippen molar-refractivity contribution in [1.82, 2.24) is 5.32 Å². The molecule has 98 valence electrons. The largest absolute Gasteiger partial charge is 0.382 e. The first-order chi connectivity index (χ1) is 8.66. The van der Waals surface area contributed by atoms with Gasteiger partial charge in [-0.05, 0) is 66.5 Å². The van der Waals surface area contributed by atoms with Crippen LogP contribution in [0.5, 0.6) is 0 Å². The summed E-state index contributed by atoms with van der Waals surface area (Å²) in [4.78, 5) is 11.1. The summed E-state index contributed by atoms with van der Waals surface area (Å²) in [5, 5.41) is 6.89. The Labute approximate surface area is 115 Å². The van der Waals surface area contributed by atoms with Gasteiger partial charge in [0.25, 0.3) is 0 Å². The number of carbonyl (C=O) groups excluding carboxylic acids is 1. The summed E-state index contributed by atoms with van der Waals surface area (Å²) >= 11 is 3.37. The normalized spacial score (nSPS) is 20.2. The molecule has 4 N–H and O–H groups in total. The third-order valence-electron chi connectivity index (χ3n) is 3.18. The molecule has 0 radical (unpaired) electrons. The van der Waals surface area contributed by atoms with E-state index in [4.69, 9.17) is 5.73 Å². The van der Waals surface area contributed by atoms with Crippen LogP contribution in [0.25, 0.3) is 0 Å². The minimum Gasteiger partial charge on any atom is -0.382 e. The average Bonchev–Trinajstić information content (AvgIpc) is 2.57. The Morgan fingerprint density at radius 1 is 1.39 bits per heavy atom. The Hall–Kier alpha value is -1.07. The summed E-state index contributed by atoms with van der Waals surface area (Å²) in [6, 6.07) is 6.07. The number of nitrogens with two attached hydrogens (primary N) is 1. The van der Waals surface area contributed by atoms with E-state index in [0.29, 0.717) is 11.6 Å². The maximum absolute atomic E-state index is 11.1. The lowest BCUT2D eigenvalue weighted by Gasteiger charge is -2.18. The van der Waals surface area contributed by atoms with Crippen LogP contribution in [0.15, 0.2) is 22.7 Å². The molecule has 0 spiro atoms. The van der Waals surface area contributed by atoms with Crippen molar-refractivity contribution in [3.05, 3.63) is 28.2 Å². The predicted molar refractivity (Wildman–Crippen MR) is 76.8 cm³/mol. The summed E-state index contributed by atoms with van der Waals surface area (Å²) in [6.45, 7) is 2.15. The molecule has 1 atom stereocenters. The number of rotatable bonds is 3. The molecular weight excluding hydrogens is 294 g/mol. The minimum atomic E-state index is -0.410. The van der Waals surface area contributed by atoms with E-state index in [1.54, 1.807) is 6.07 Å². The van der Waals surface area contributed by atoms with E-state index in [9.17, 15) is 4.79 Å². The van der Waals surface area contributed by atoms with Gasteiger partial charge in [0.05, 0.1) is 5.56 Å². The van der Waals surface area contributed by atoms with Crippen LogP contribution in [0.3, 0.4) is 0 Å². The lowest BCUT2D eigenvalue weighted by atomic mass is 10.1. The maximum atomic E-state index is 11.1. The fourth-order valence-electron chi connectivity index (χ4n) is 2.20. The fraction of sp³-hybridized carbons (Fsp3) is 0.462. The van der Waals surface area contributed by atoms with Crippen molar-refractivity contribution < 1.29 is 4.79 Å². The topological polar surface area (TPSA) is 67.2 Å². The fourth-order valence-corrected chi connectivity index (χ4v) is 2.78. The van der Waals surface area contributed by atoms with Crippen LogP contribution in [0.1, 0.15) is 29.6 Å². The lowest BCUT2D eigenvalue weighted by molar-refractivity contribution is 0.0999. The van der Waals surface area contributed by atoms with Crippen molar-refractivity contribution in [3.8, 4) is 0 Å². The highest BCUT2D eigenvalue weighted by atomic mass is 79.9. The first-order valence-electron chi connectivity index (χ1n) is 6.23. The number of anilines is 1. The van der Waals surface area contributed by atoms with Gasteiger partial charge < -0.3 is 16.4 Å². The number of hydrogen-bond acceptors (Lipinski definition) is 3. The first-order valence-corrected chi connectivity index (χ1v) is 7.03. The molecule has 0 saturated carbocycles. The van der Waals surface area contributed by atoms with E-state index >= 15 is 0 Å². The zero-order valence-electron chi connectivity index (χ0n) is 10.2. The van der Waals surface area contributed by atoms with Crippen LogP contribution >= 0.6 is 15.9 Å². The highest BCUT2D eigenvalue weighted by molar-refractivity contribution is 9.10. The molecule has 1 saturated heterocycles. The molecule has 0 aliphatic carbocycles. The average molecular weight is 312 g/mol. The Balaban J connectivity index is 2.05. The van der Waals surface area contributed by atoms with Crippen LogP contribution in [0.2, 0.25) is 0 Å². The third kappa shape index (κ3) is 3.46. The van der Waals surface area contributed by atoms with Crippen molar-refractivity contribution in [2.75, 3.05) is 18.4 Å². The lowest BCUT2D eigenvalue weighted by Crippen LogP contribution is -2.21. The SMILES string of the molecule is NC(=O)c1ccc(NC2CCCNCC2)cc1Br. The second kappa shape index (κ2) is 6.20. The molecule has 1 heterocycles. The van der Waals surface area contributed by atoms with Crippen LogP contribution in [-0.2, 0) is 0 Å². The predicted octanol–water partition coefficient (Wildman–Crippen LogP) is 2.10. The maximum Gasteiger partial charge on any atom is 0.249 e. The van der Waals surface area contributed by atoms with Gasteiger partial charge in [0.1, 0.15) is 0 Å². The van der Waals surface area contributed by atoms with Gasteiger partial charge in [0.15, 0.2) is 0 Å². The van der Waals surface area contributed by atoms with Crippen LogP contribution < -0.4 is 16.4 Å². The molecule has 1 aromatic carbocycles. The molecule has 4 nitrogen and oxygen atoms in total. The smallest absolute Gasteiger partial charge is 0.249 e. The number of benzene rings is 1. The standard InChI is InChI=1S/C13H18BrN3O/c14-12-8-10(3-4-11(12)13(15)18)17-9-2-1-6-16-7-5-9/h3-4,8-9,16-17H,1-2,5-7H2,(H2,15,18). The molecule has 18 heavy (non-hydrogen) atoms. The van der Waals surface area contributed by atoms with Gasteiger partial charge >= 0.3 is 0 Å². The van der Waals surface area contributed by atoms with Crippen molar-refractivity contribution >= 4 is 27.5 Å². The number of carbonyl (C=O) groups is 1. The minimum absolute atomic E-state index is 0.410. The van der Waals surface area contributed by atoms with Gasteiger partial charge in [0.2, 0.25) is 5.91 Å². The van der Waals surface area contributed by atoms with Gasteiger partial charge in [-0.2, -0.15) is 0 Å². The Morgan fingerprint density at radius 3 is 2.94 bits per heavy atom. The Bertz CT molecular complexity index is 428. The van der Waals surface area contributed by atoms with Gasteiger partial charge in [-0.1, -0.05) is 0 Å². The Morgan fingerprint density at radius 2 is 2.22 bits per heavy atom. The van der Waals surface area contributed by atoms with Crippen molar-refractivity contribution in [2.24, 2.45) is 5.73 Å². The highest BCUT2D eigenvalue weighted by Gasteiger charge is 2.12. The second-order valence-electron chi connectivity index (χ2n) is 4.58. The molecule has 5 heteroatoms. The summed E-state index contributed by atoms with van der Waals surface area (Å²) in [7, 11) is 0. The van der Waals surface area contributed by atoms with Crippen molar-refractivity contribution in [3.63, 3.8) is 0 Å². The van der Waals surface area contributed by atoms with Gasteiger partial charge in [-0.25, -0.2) is 0 Å². The molecule has 1 aliphatic heterocycles. The molecule has 0 bridgehead atoms. The number of primary amides is 1. The van der Waals surface area contributed by atoms with Crippen molar-refractivity contribution in [1.29, 1.82) is 0 Å². The van der Waals surface area contributed by atoms with Crippen LogP contribution in [-0.4, -0.2) is 25.0 Å². The Kier molecular flexibility index (Phi) is 4.60. The molecule has 0 aromatic heterocycles. The summed E-state index contributed by atoms with van der Waals surface area (Å²) in [5.74, 6) is -0.410. The summed E-state index contributed by atoms with van der Waals surface area (Å²) in [5.41, 5.74) is 6.82. The summed E-state index contributed by atoms with van der Waals surface area (Å²) in [6.07, 6.45) is 3.48. The van der Waals surface area contributed by atoms with Gasteiger partial charge in [-0.3, -0.25) is 4.79 Å². The zero-order valence-corrected chi connectivity index (χ0v) is 11.8. The first kappa shape index (κ1) is 13.4. The van der Waals surface area contributed by atoms with E-state index in [1.807, 2.05) is 12.1 Å². The third-order valence-corrected chi connectivity index (χ3v) is 3.84. The van der Waals surface area contributed by atoms with E-state index in [1.165, 1.54) is 12.8 Å². The monoisotopic (exact) mass is 311 g/mol. The number of amides is 1. The molecule has 1 fully saturated rings. The van der Waals surface area contributed by atoms with Crippen LogP contribution in [0, 0.1) is 0 Å². The molecule has 1 unspecified atom stereocenters. The number of hydrogen-bond donors (Lipinski definition) is 3. The van der Waals surface area contributed by atoms with Gasteiger partial charge in [0, 0.05) is 16.2 Å². The number of halogens is 1. The van der Waals surface area contributed by atoms with Gasteiger partial charge in [-0.15, -0.1) is 0 Å². The highest BCUT2D eigenvalue weighted by Crippen LogP contribution is 2.23. The number of nitrogens with one attached hydrogen (secondary N) is 2. The van der Waals surface area contributed by atoms with Crippen LogP contribution in [0.4, 0.5) is 5.69 Å². The zero-order chi connectivity index (χ0) is 13.0. The quantitative estimate of drug-likeness (QED) is 0.801. The molecular formula is C13H18BrN3O. The molecule has 2 rings (SSSR count). The van der Waals surface area contributed by atoms with E-state index in [-0.39, 0.29) is 0 Å². The second-order valence-corrected chi connectivity index (χ2v) is 5.44. The molecule has 1 aliphatic rings. The van der Waals surface area contributed by atoms with Crippen molar-refractivity contribution in [2.45, 2.75) is 25.3 Å². The van der Waals surface area contributed by atoms with E-state index in [0.717, 1.165) is 29.7 Å². The van der Waals surface area contributed by atoms with E-state index < -0.39 is 5.91 Å². The van der Waals surface area contributed by atoms with E-state index in [2.05, 4.69) is 26.6 Å².